The number of allylic oxidation sites excluding steroid dienone is 20. The van der Waals surface area contributed by atoms with E-state index in [9.17, 15) is 28.9 Å². The van der Waals surface area contributed by atoms with Crippen molar-refractivity contribution in [2.45, 2.75) is 251 Å². The maximum absolute atomic E-state index is 12.9. The van der Waals surface area contributed by atoms with E-state index in [1.165, 1.54) is 70.6 Å². The number of esters is 3. The van der Waals surface area contributed by atoms with Gasteiger partial charge in [-0.3, -0.25) is 23.4 Å². The van der Waals surface area contributed by atoms with Gasteiger partial charge < -0.3 is 24.2 Å². The normalized spacial score (nSPS) is 14.2. The SMILES string of the molecule is CC/C=C\C/C=C\C/C=C\C/C=C\C/C=C\C/C=C\CCC(=O)OC(COC(=O)CCCCCCCCCCCCCCCCC)COP(=O)(O)OCC(CO)OC(=O)CCCCCC/C=C\C/C=C\C/C=C\C/C=C\CC. The molecule has 0 radical (unpaired) electrons. The number of hydrogen-bond donors (Lipinski definition) is 2. The van der Waals surface area contributed by atoms with Gasteiger partial charge in [-0.2, -0.15) is 0 Å². The van der Waals surface area contributed by atoms with Gasteiger partial charge in [0.05, 0.1) is 19.8 Å². The topological polar surface area (TPSA) is 155 Å². The van der Waals surface area contributed by atoms with E-state index in [1.807, 2.05) is 12.2 Å². The number of hydrogen-bond acceptors (Lipinski definition) is 10. The van der Waals surface area contributed by atoms with E-state index in [4.69, 9.17) is 23.3 Å². The van der Waals surface area contributed by atoms with Crippen molar-refractivity contribution in [1.29, 1.82) is 0 Å². The summed E-state index contributed by atoms with van der Waals surface area (Å²) in [5.41, 5.74) is 0. The molecule has 0 aromatic carbocycles. The van der Waals surface area contributed by atoms with Crippen molar-refractivity contribution in [2.75, 3.05) is 26.4 Å². The highest BCUT2D eigenvalue weighted by molar-refractivity contribution is 7.47. The third-order valence-corrected chi connectivity index (χ3v) is 13.3. The van der Waals surface area contributed by atoms with E-state index >= 15 is 0 Å². The fourth-order valence-electron chi connectivity index (χ4n) is 7.84. The Morgan fingerprint density at radius 2 is 0.692 bits per heavy atom. The molecule has 0 aromatic heterocycles. The summed E-state index contributed by atoms with van der Waals surface area (Å²) in [7, 11) is -4.78. The van der Waals surface area contributed by atoms with Crippen molar-refractivity contribution >= 4 is 25.7 Å². The molecule has 3 unspecified atom stereocenters. The third-order valence-electron chi connectivity index (χ3n) is 12.4. The van der Waals surface area contributed by atoms with Gasteiger partial charge in [0.25, 0.3) is 0 Å². The van der Waals surface area contributed by atoms with Crippen LogP contribution in [0.2, 0.25) is 0 Å². The molecular weight excluding hydrogens is 1000 g/mol. The van der Waals surface area contributed by atoms with Crippen molar-refractivity contribution in [2.24, 2.45) is 0 Å². The quantitative estimate of drug-likeness (QED) is 0.0197. The minimum atomic E-state index is -4.78. The molecule has 0 aliphatic carbocycles. The number of rotatable bonds is 55. The average Bonchev–Trinajstić information content (AvgIpc) is 3.43. The van der Waals surface area contributed by atoms with Crippen LogP contribution < -0.4 is 0 Å². The highest BCUT2D eigenvalue weighted by Crippen LogP contribution is 2.43. The van der Waals surface area contributed by atoms with Gasteiger partial charge in [0, 0.05) is 19.3 Å². The molecule has 0 bridgehead atoms. The molecule has 0 heterocycles. The molecule has 0 amide bonds. The molecule has 0 spiro atoms. The zero-order valence-electron chi connectivity index (χ0n) is 49.1. The Morgan fingerprint density at radius 3 is 1.10 bits per heavy atom. The second-order valence-corrected chi connectivity index (χ2v) is 21.2. The molecule has 11 nitrogen and oxygen atoms in total. The molecule has 0 aromatic rings. The Labute approximate surface area is 475 Å². The molecule has 12 heteroatoms. The molecule has 0 aliphatic rings. The van der Waals surface area contributed by atoms with Crippen LogP contribution >= 0.6 is 7.82 Å². The first kappa shape index (κ1) is 73.9. The Balaban J connectivity index is 4.85. The Hall–Kier alpha value is -4.12. The number of phosphoric acid groups is 1. The fourth-order valence-corrected chi connectivity index (χ4v) is 8.63. The lowest BCUT2D eigenvalue weighted by Crippen LogP contribution is -2.30. The summed E-state index contributed by atoms with van der Waals surface area (Å²) >= 11 is 0. The van der Waals surface area contributed by atoms with Gasteiger partial charge >= 0.3 is 25.7 Å². The molecular formula is C66H109O11P. The highest BCUT2D eigenvalue weighted by atomic mass is 31.2. The summed E-state index contributed by atoms with van der Waals surface area (Å²) in [4.78, 5) is 48.6. The molecule has 0 fully saturated rings. The van der Waals surface area contributed by atoms with Crippen LogP contribution in [0.5, 0.6) is 0 Å². The monoisotopic (exact) mass is 1110 g/mol. The second-order valence-electron chi connectivity index (χ2n) is 19.8. The van der Waals surface area contributed by atoms with Crippen LogP contribution in [0.1, 0.15) is 239 Å². The summed E-state index contributed by atoms with van der Waals surface area (Å²) < 4.78 is 39.5. The summed E-state index contributed by atoms with van der Waals surface area (Å²) in [6, 6.07) is 0. The minimum absolute atomic E-state index is 0.0363. The standard InChI is InChI=1S/C66H109O11P/c1-4-7-10-13-16-19-22-25-28-30-31-33-36-39-42-45-48-51-54-57-66(70)77-63(59-73-64(68)55-52-49-46-43-40-37-34-27-24-21-18-15-12-9-6-3)61-75-78(71,72)74-60-62(58-67)76-65(69)56-53-50-47-44-41-38-35-32-29-26-23-20-17-14-11-8-5-2/h7-8,10-11,16-17,19-20,25-26,28-29,31,33,35,38-39,42,48,51,62-63,67H,4-6,9,12-15,18,21-24,27,30,32,34,36-37,40-41,43-47,49-50,52-61H2,1-3H3,(H,71,72)/b10-7-,11-8-,19-16-,20-17-,28-25-,29-26-,33-31-,38-35-,42-39-,51-48-. The fraction of sp³-hybridized carbons (Fsp3) is 0.652. The van der Waals surface area contributed by atoms with E-state index in [0.29, 0.717) is 25.7 Å². The molecule has 0 aliphatic heterocycles. The molecule has 0 saturated heterocycles. The number of ether oxygens (including phenoxy) is 3. The van der Waals surface area contributed by atoms with Crippen LogP contribution in [-0.2, 0) is 42.2 Å². The van der Waals surface area contributed by atoms with Gasteiger partial charge in [-0.1, -0.05) is 245 Å². The molecule has 0 saturated carbocycles. The maximum atomic E-state index is 12.9. The van der Waals surface area contributed by atoms with Gasteiger partial charge in [0.1, 0.15) is 12.7 Å². The number of phosphoric ester groups is 1. The Bertz CT molecular complexity index is 1770. The van der Waals surface area contributed by atoms with Crippen LogP contribution in [0.4, 0.5) is 0 Å². The van der Waals surface area contributed by atoms with Gasteiger partial charge in [0.2, 0.25) is 0 Å². The van der Waals surface area contributed by atoms with Gasteiger partial charge in [0.15, 0.2) is 6.10 Å². The number of unbranched alkanes of at least 4 members (excludes halogenated alkanes) is 18. The minimum Gasteiger partial charge on any atom is -0.462 e. The van der Waals surface area contributed by atoms with Crippen molar-refractivity contribution in [3.8, 4) is 0 Å². The lowest BCUT2D eigenvalue weighted by atomic mass is 10.0. The van der Waals surface area contributed by atoms with Crippen molar-refractivity contribution in [3.05, 3.63) is 122 Å². The Morgan fingerprint density at radius 1 is 0.372 bits per heavy atom. The summed E-state index contributed by atoms with van der Waals surface area (Å²) in [5, 5.41) is 9.83. The van der Waals surface area contributed by atoms with E-state index in [0.717, 1.165) is 103 Å². The largest absolute Gasteiger partial charge is 0.472 e. The highest BCUT2D eigenvalue weighted by Gasteiger charge is 2.28. The first-order valence-corrected chi connectivity index (χ1v) is 31.9. The zero-order chi connectivity index (χ0) is 56.9. The van der Waals surface area contributed by atoms with Crippen molar-refractivity contribution < 1.29 is 52.2 Å². The van der Waals surface area contributed by atoms with E-state index in [1.54, 1.807) is 0 Å². The van der Waals surface area contributed by atoms with Gasteiger partial charge in [-0.05, 0) is 96.3 Å². The van der Waals surface area contributed by atoms with E-state index in [2.05, 4.69) is 130 Å². The van der Waals surface area contributed by atoms with Gasteiger partial charge in [-0.25, -0.2) is 4.57 Å². The Kier molecular flexibility index (Phi) is 55.9. The first-order chi connectivity index (χ1) is 38.2. The smallest absolute Gasteiger partial charge is 0.462 e. The van der Waals surface area contributed by atoms with Crippen LogP contribution in [0.3, 0.4) is 0 Å². The zero-order valence-corrected chi connectivity index (χ0v) is 50.0. The van der Waals surface area contributed by atoms with Crippen LogP contribution in [-0.4, -0.2) is 66.5 Å². The summed E-state index contributed by atoms with van der Waals surface area (Å²) in [6.45, 7) is 4.31. The molecule has 78 heavy (non-hydrogen) atoms. The van der Waals surface area contributed by atoms with Crippen molar-refractivity contribution in [3.63, 3.8) is 0 Å². The lowest BCUT2D eigenvalue weighted by molar-refractivity contribution is -0.161. The first-order valence-electron chi connectivity index (χ1n) is 30.4. The van der Waals surface area contributed by atoms with Crippen molar-refractivity contribution in [1.82, 2.24) is 0 Å². The van der Waals surface area contributed by atoms with Crippen LogP contribution in [0.25, 0.3) is 0 Å². The summed E-state index contributed by atoms with van der Waals surface area (Å²) in [6.07, 6.45) is 73.1. The number of aliphatic hydroxyl groups is 1. The number of aliphatic hydroxyl groups excluding tert-OH is 1. The summed E-state index contributed by atoms with van der Waals surface area (Å²) in [5.74, 6) is -1.59. The molecule has 3 atom stereocenters. The molecule has 0 rings (SSSR count). The van der Waals surface area contributed by atoms with E-state index in [-0.39, 0.29) is 25.9 Å². The third kappa shape index (κ3) is 56.6. The number of carbonyl (C=O) groups excluding carboxylic acids is 3. The van der Waals surface area contributed by atoms with Gasteiger partial charge in [-0.15, -0.1) is 0 Å². The van der Waals surface area contributed by atoms with Crippen LogP contribution in [0.15, 0.2) is 122 Å². The predicted octanol–water partition coefficient (Wildman–Crippen LogP) is 18.4. The second kappa shape index (κ2) is 59.0. The van der Waals surface area contributed by atoms with Crippen LogP contribution in [0, 0.1) is 0 Å². The predicted molar refractivity (Wildman–Crippen MR) is 325 cm³/mol. The lowest BCUT2D eigenvalue weighted by Gasteiger charge is -2.21. The molecule has 444 valence electrons. The average molecular weight is 1110 g/mol. The molecule has 2 N–H and O–H groups in total. The number of carbonyl (C=O) groups is 3. The van der Waals surface area contributed by atoms with E-state index < -0.39 is 57.8 Å². The maximum Gasteiger partial charge on any atom is 0.472 e.